The lowest BCUT2D eigenvalue weighted by Gasteiger charge is -2.08. The number of rotatable bonds is 5. The smallest absolute Gasteiger partial charge is 0.243 e. The number of thioether (sulfide) groups is 1. The van der Waals surface area contributed by atoms with E-state index in [1.807, 2.05) is 31.2 Å². The van der Waals surface area contributed by atoms with E-state index in [9.17, 15) is 4.79 Å². The zero-order chi connectivity index (χ0) is 16.2. The normalized spacial score (nSPS) is 21.0. The second-order valence-electron chi connectivity index (χ2n) is 5.94. The average Bonchev–Trinajstić information content (AvgIpc) is 3.33. The topological polar surface area (TPSA) is 65.8 Å². The molecule has 1 fully saturated rings. The summed E-state index contributed by atoms with van der Waals surface area (Å²) in [5, 5.41) is 9.12. The molecule has 1 heterocycles. The minimum Gasteiger partial charge on any atom is -0.335 e. The van der Waals surface area contributed by atoms with Crippen LogP contribution < -0.4 is 10.7 Å². The number of benzene rings is 1. The van der Waals surface area contributed by atoms with Gasteiger partial charge < -0.3 is 5.32 Å². The van der Waals surface area contributed by atoms with E-state index in [1.54, 1.807) is 11.8 Å². The number of hydrogen-bond donors (Lipinski definition) is 2. The molecule has 0 saturated heterocycles. The van der Waals surface area contributed by atoms with E-state index in [2.05, 4.69) is 27.8 Å². The summed E-state index contributed by atoms with van der Waals surface area (Å²) in [7, 11) is 0. The molecule has 0 spiro atoms. The second kappa shape index (κ2) is 7.17. The molecule has 1 saturated carbocycles. The quantitative estimate of drug-likeness (QED) is 0.643. The summed E-state index contributed by atoms with van der Waals surface area (Å²) < 4.78 is 0. The van der Waals surface area contributed by atoms with Crippen LogP contribution in [0.5, 0.6) is 0 Å². The van der Waals surface area contributed by atoms with E-state index in [0.717, 1.165) is 47.9 Å². The van der Waals surface area contributed by atoms with Crippen molar-refractivity contribution in [2.24, 2.45) is 16.0 Å². The zero-order valence-electron chi connectivity index (χ0n) is 13.5. The molecule has 0 radical (unpaired) electrons. The largest absolute Gasteiger partial charge is 0.335 e. The van der Waals surface area contributed by atoms with E-state index in [1.165, 1.54) is 0 Å². The van der Waals surface area contributed by atoms with E-state index in [0.29, 0.717) is 5.25 Å². The molecule has 0 bridgehead atoms. The predicted octanol–water partition coefficient (Wildman–Crippen LogP) is 3.23. The number of aliphatic imine (C=N–C) groups is 1. The molecule has 122 valence electrons. The van der Waals surface area contributed by atoms with Crippen molar-refractivity contribution in [1.82, 2.24) is 5.43 Å². The Balaban J connectivity index is 1.56. The molecule has 1 aromatic rings. The Morgan fingerprint density at radius 3 is 2.70 bits per heavy atom. The molecular formula is C17H22N4OS. The van der Waals surface area contributed by atoms with E-state index < -0.39 is 0 Å². The molecule has 1 aliphatic heterocycles. The third-order valence-corrected chi connectivity index (χ3v) is 5.28. The number of nitrogens with zero attached hydrogens (tertiary/aromatic N) is 2. The van der Waals surface area contributed by atoms with E-state index in [4.69, 9.17) is 0 Å². The lowest BCUT2D eigenvalue weighted by molar-refractivity contribution is -0.122. The molecule has 1 atom stereocenters. The van der Waals surface area contributed by atoms with Crippen molar-refractivity contribution >= 4 is 34.2 Å². The number of amidine groups is 1. The first-order valence-electron chi connectivity index (χ1n) is 8.08. The molecular weight excluding hydrogens is 308 g/mol. The number of anilines is 1. The minimum atomic E-state index is 0.0318. The summed E-state index contributed by atoms with van der Waals surface area (Å²) in [4.78, 5) is 16.1. The van der Waals surface area contributed by atoms with Gasteiger partial charge in [-0.15, -0.1) is 0 Å². The summed E-state index contributed by atoms with van der Waals surface area (Å²) >= 11 is 1.80. The molecule has 2 aliphatic rings. The van der Waals surface area contributed by atoms with Crippen molar-refractivity contribution in [2.45, 2.75) is 38.4 Å². The molecule has 0 aromatic heterocycles. The SMILES string of the molecule is CC[C@H]1CN=C(Nc2ccc(/C(C)=N\NC(=O)C3CC3)cc2)S1. The van der Waals surface area contributed by atoms with Crippen LogP contribution in [-0.2, 0) is 4.79 Å². The van der Waals surface area contributed by atoms with Crippen LogP contribution in [0.4, 0.5) is 5.69 Å². The summed E-state index contributed by atoms with van der Waals surface area (Å²) in [6.07, 6.45) is 3.11. The number of hydrazone groups is 1. The number of hydrogen-bond acceptors (Lipinski definition) is 5. The second-order valence-corrected chi connectivity index (χ2v) is 7.23. The first-order valence-corrected chi connectivity index (χ1v) is 8.96. The van der Waals surface area contributed by atoms with Crippen LogP contribution in [0.3, 0.4) is 0 Å². The van der Waals surface area contributed by atoms with Crippen LogP contribution in [0.15, 0.2) is 34.4 Å². The molecule has 23 heavy (non-hydrogen) atoms. The fourth-order valence-corrected chi connectivity index (χ4v) is 3.21. The Morgan fingerprint density at radius 2 is 2.09 bits per heavy atom. The summed E-state index contributed by atoms with van der Waals surface area (Å²) in [5.41, 5.74) is 5.47. The van der Waals surface area contributed by atoms with Crippen LogP contribution in [0.1, 0.15) is 38.7 Å². The Kier molecular flexibility index (Phi) is 5.00. The van der Waals surface area contributed by atoms with Gasteiger partial charge in [-0.05, 0) is 43.9 Å². The summed E-state index contributed by atoms with van der Waals surface area (Å²) in [5.74, 6) is 0.208. The molecule has 1 aliphatic carbocycles. The van der Waals surface area contributed by atoms with Gasteiger partial charge in [0.15, 0.2) is 5.17 Å². The maximum Gasteiger partial charge on any atom is 0.243 e. The molecule has 3 rings (SSSR count). The number of carbonyl (C=O) groups excluding carboxylic acids is 1. The van der Waals surface area contributed by atoms with Gasteiger partial charge in [-0.2, -0.15) is 5.10 Å². The lowest BCUT2D eigenvalue weighted by atomic mass is 10.1. The van der Waals surface area contributed by atoms with E-state index >= 15 is 0 Å². The van der Waals surface area contributed by atoms with Gasteiger partial charge in [0, 0.05) is 16.9 Å². The highest BCUT2D eigenvalue weighted by molar-refractivity contribution is 8.15. The van der Waals surface area contributed by atoms with Crippen LogP contribution in [0, 0.1) is 5.92 Å². The Bertz CT molecular complexity index is 634. The van der Waals surface area contributed by atoms with Gasteiger partial charge in [-0.3, -0.25) is 9.79 Å². The number of nitrogens with one attached hydrogen (secondary N) is 2. The fraction of sp³-hybridized carbons (Fsp3) is 0.471. The Morgan fingerprint density at radius 1 is 1.35 bits per heavy atom. The fourth-order valence-electron chi connectivity index (χ4n) is 2.26. The van der Waals surface area contributed by atoms with Crippen molar-refractivity contribution in [3.8, 4) is 0 Å². The molecule has 2 N–H and O–H groups in total. The van der Waals surface area contributed by atoms with Crippen molar-refractivity contribution in [3.63, 3.8) is 0 Å². The molecule has 0 unspecified atom stereocenters. The third kappa shape index (κ3) is 4.34. The van der Waals surface area contributed by atoms with Crippen molar-refractivity contribution < 1.29 is 4.79 Å². The maximum atomic E-state index is 11.6. The Labute approximate surface area is 141 Å². The van der Waals surface area contributed by atoms with Gasteiger partial charge in [0.1, 0.15) is 0 Å². The summed E-state index contributed by atoms with van der Waals surface area (Å²) in [6, 6.07) is 8.03. The first-order chi connectivity index (χ1) is 11.2. The first kappa shape index (κ1) is 16.1. The van der Waals surface area contributed by atoms with Crippen molar-refractivity contribution in [3.05, 3.63) is 29.8 Å². The molecule has 6 heteroatoms. The summed E-state index contributed by atoms with van der Waals surface area (Å²) in [6.45, 7) is 4.99. The average molecular weight is 330 g/mol. The van der Waals surface area contributed by atoms with E-state index in [-0.39, 0.29) is 11.8 Å². The van der Waals surface area contributed by atoms with Crippen molar-refractivity contribution in [1.29, 1.82) is 0 Å². The highest BCUT2D eigenvalue weighted by atomic mass is 32.2. The third-order valence-electron chi connectivity index (χ3n) is 4.01. The van der Waals surface area contributed by atoms with Crippen LogP contribution in [-0.4, -0.2) is 28.6 Å². The number of amides is 1. The van der Waals surface area contributed by atoms with Gasteiger partial charge in [0.25, 0.3) is 0 Å². The lowest BCUT2D eigenvalue weighted by Crippen LogP contribution is -2.20. The zero-order valence-corrected chi connectivity index (χ0v) is 14.3. The number of carbonyl (C=O) groups is 1. The highest BCUT2D eigenvalue weighted by Gasteiger charge is 2.29. The van der Waals surface area contributed by atoms with Gasteiger partial charge in [0.2, 0.25) is 5.91 Å². The van der Waals surface area contributed by atoms with Gasteiger partial charge >= 0.3 is 0 Å². The molecule has 1 amide bonds. The maximum absolute atomic E-state index is 11.6. The minimum absolute atomic E-state index is 0.0318. The standard InChI is InChI=1S/C17H22N4OS/c1-3-15-10-18-17(23-15)19-14-8-6-12(7-9-14)11(2)20-21-16(22)13-4-5-13/h6-9,13,15H,3-5,10H2,1-2H3,(H,18,19)(H,21,22)/b20-11-/t15-/m0/s1. The van der Waals surface area contributed by atoms with Gasteiger partial charge in [-0.1, -0.05) is 30.8 Å². The monoisotopic (exact) mass is 330 g/mol. The highest BCUT2D eigenvalue weighted by Crippen LogP contribution is 2.28. The van der Waals surface area contributed by atoms with Gasteiger partial charge in [-0.25, -0.2) is 5.43 Å². The van der Waals surface area contributed by atoms with Crippen molar-refractivity contribution in [2.75, 3.05) is 11.9 Å². The molecule has 5 nitrogen and oxygen atoms in total. The van der Waals surface area contributed by atoms with Crippen LogP contribution in [0.25, 0.3) is 0 Å². The van der Waals surface area contributed by atoms with Crippen LogP contribution >= 0.6 is 11.8 Å². The van der Waals surface area contributed by atoms with Gasteiger partial charge in [0.05, 0.1) is 12.3 Å². The predicted molar refractivity (Wildman–Crippen MR) is 97.1 cm³/mol. The Hall–Kier alpha value is -1.82. The molecule has 1 aromatic carbocycles. The van der Waals surface area contributed by atoms with Crippen LogP contribution in [0.2, 0.25) is 0 Å².